The summed E-state index contributed by atoms with van der Waals surface area (Å²) in [5, 5.41) is 2.02. The van der Waals surface area contributed by atoms with Gasteiger partial charge in [0, 0.05) is 11.4 Å². The molecule has 0 N–H and O–H groups in total. The fraction of sp³-hybridized carbons (Fsp3) is 0.389. The molecule has 5 nitrogen and oxygen atoms in total. The monoisotopic (exact) mass is 349 g/mol. The second-order valence-corrected chi connectivity index (χ2v) is 6.23. The van der Waals surface area contributed by atoms with Crippen LogP contribution in [0.2, 0.25) is 0 Å². The highest BCUT2D eigenvalue weighted by Gasteiger charge is 2.18. The Hall–Kier alpha value is -2.21. The van der Waals surface area contributed by atoms with Crippen molar-refractivity contribution in [3.05, 3.63) is 40.1 Å². The summed E-state index contributed by atoms with van der Waals surface area (Å²) in [5.74, 6) is 1.71. The number of ether oxygens (including phenoxy) is 3. The van der Waals surface area contributed by atoms with Gasteiger partial charge in [-0.05, 0) is 36.1 Å². The predicted molar refractivity (Wildman–Crippen MR) is 95.2 cm³/mol. The molecular formula is C18H23NO4S. The molecule has 24 heavy (non-hydrogen) atoms. The third-order valence-electron chi connectivity index (χ3n) is 3.74. The second kappa shape index (κ2) is 8.59. The van der Waals surface area contributed by atoms with Crippen LogP contribution < -0.4 is 14.2 Å². The van der Waals surface area contributed by atoms with Crippen molar-refractivity contribution in [3.8, 4) is 17.2 Å². The lowest BCUT2D eigenvalue weighted by molar-refractivity contribution is -0.130. The first kappa shape index (κ1) is 18.1. The molecule has 6 heteroatoms. The zero-order valence-electron chi connectivity index (χ0n) is 14.5. The number of hydrogen-bond acceptors (Lipinski definition) is 5. The van der Waals surface area contributed by atoms with Crippen LogP contribution in [0, 0.1) is 0 Å². The Morgan fingerprint density at radius 2 is 1.79 bits per heavy atom. The van der Waals surface area contributed by atoms with E-state index in [2.05, 4.69) is 0 Å². The third-order valence-corrected chi connectivity index (χ3v) is 4.60. The van der Waals surface area contributed by atoms with Gasteiger partial charge in [-0.2, -0.15) is 0 Å². The van der Waals surface area contributed by atoms with Crippen LogP contribution in [0.5, 0.6) is 17.2 Å². The largest absolute Gasteiger partial charge is 0.493 e. The van der Waals surface area contributed by atoms with E-state index < -0.39 is 0 Å². The van der Waals surface area contributed by atoms with E-state index in [-0.39, 0.29) is 12.3 Å². The van der Waals surface area contributed by atoms with E-state index in [9.17, 15) is 4.79 Å². The average molecular weight is 349 g/mol. The molecule has 2 rings (SSSR count). The Morgan fingerprint density at radius 1 is 1.12 bits per heavy atom. The lowest BCUT2D eigenvalue weighted by atomic mass is 10.1. The number of thiophene rings is 1. The average Bonchev–Trinajstić information content (AvgIpc) is 3.11. The summed E-state index contributed by atoms with van der Waals surface area (Å²) in [5.41, 5.74) is 0.833. The van der Waals surface area contributed by atoms with Crippen LogP contribution in [0.4, 0.5) is 0 Å². The van der Waals surface area contributed by atoms with Crippen molar-refractivity contribution in [1.29, 1.82) is 0 Å². The van der Waals surface area contributed by atoms with Crippen LogP contribution in [-0.2, 0) is 17.8 Å². The fourth-order valence-electron chi connectivity index (χ4n) is 2.49. The topological polar surface area (TPSA) is 48.0 Å². The number of likely N-dealkylation sites (N-methyl/N-ethyl adjacent to an activating group) is 1. The summed E-state index contributed by atoms with van der Waals surface area (Å²) in [6.07, 6.45) is 0.288. The first-order valence-corrected chi connectivity index (χ1v) is 8.59. The maximum Gasteiger partial charge on any atom is 0.227 e. The van der Waals surface area contributed by atoms with Crippen molar-refractivity contribution in [3.63, 3.8) is 0 Å². The second-order valence-electron chi connectivity index (χ2n) is 5.20. The van der Waals surface area contributed by atoms with Crippen molar-refractivity contribution in [1.82, 2.24) is 4.90 Å². The number of nitrogens with zero attached hydrogens (tertiary/aromatic N) is 1. The van der Waals surface area contributed by atoms with Gasteiger partial charge in [0.05, 0.1) is 34.3 Å². The molecule has 0 aliphatic carbocycles. The van der Waals surface area contributed by atoms with Crippen LogP contribution in [0.15, 0.2) is 29.6 Å². The molecule has 0 radical (unpaired) electrons. The van der Waals surface area contributed by atoms with Crippen LogP contribution in [0.3, 0.4) is 0 Å². The van der Waals surface area contributed by atoms with Crippen LogP contribution >= 0.6 is 11.3 Å². The molecule has 1 heterocycles. The summed E-state index contributed by atoms with van der Waals surface area (Å²) < 4.78 is 16.0. The molecule has 0 saturated heterocycles. The van der Waals surface area contributed by atoms with Gasteiger partial charge < -0.3 is 19.1 Å². The zero-order valence-corrected chi connectivity index (χ0v) is 15.3. The molecule has 0 fully saturated rings. The van der Waals surface area contributed by atoms with Crippen molar-refractivity contribution < 1.29 is 19.0 Å². The fourth-order valence-corrected chi connectivity index (χ4v) is 3.21. The highest BCUT2D eigenvalue weighted by molar-refractivity contribution is 7.09. The summed E-state index contributed by atoms with van der Waals surface area (Å²) in [7, 11) is 4.70. The van der Waals surface area contributed by atoms with E-state index in [1.54, 1.807) is 32.7 Å². The number of hydrogen-bond donors (Lipinski definition) is 0. The van der Waals surface area contributed by atoms with E-state index in [0.29, 0.717) is 30.3 Å². The van der Waals surface area contributed by atoms with Gasteiger partial charge >= 0.3 is 0 Å². The van der Waals surface area contributed by atoms with E-state index in [4.69, 9.17) is 14.2 Å². The van der Waals surface area contributed by atoms with E-state index in [0.717, 1.165) is 5.56 Å². The molecule has 0 unspecified atom stereocenters. The minimum atomic E-state index is 0.0696. The number of carbonyl (C=O) groups excluding carboxylic acids is 1. The normalized spacial score (nSPS) is 10.3. The van der Waals surface area contributed by atoms with E-state index in [1.165, 1.54) is 4.88 Å². The van der Waals surface area contributed by atoms with Crippen LogP contribution in [0.1, 0.15) is 17.4 Å². The molecule has 0 aliphatic heterocycles. The van der Waals surface area contributed by atoms with E-state index >= 15 is 0 Å². The summed E-state index contributed by atoms with van der Waals surface area (Å²) in [4.78, 5) is 15.7. The van der Waals surface area contributed by atoms with Gasteiger partial charge in [-0.1, -0.05) is 6.07 Å². The third kappa shape index (κ3) is 4.20. The van der Waals surface area contributed by atoms with Crippen LogP contribution in [-0.4, -0.2) is 38.7 Å². The summed E-state index contributed by atoms with van der Waals surface area (Å²) in [6.45, 7) is 3.29. The van der Waals surface area contributed by atoms with Crippen molar-refractivity contribution >= 4 is 17.2 Å². The number of amides is 1. The van der Waals surface area contributed by atoms with Gasteiger partial charge in [0.15, 0.2) is 11.5 Å². The maximum atomic E-state index is 12.6. The van der Waals surface area contributed by atoms with Gasteiger partial charge in [-0.25, -0.2) is 0 Å². The molecule has 0 atom stereocenters. The van der Waals surface area contributed by atoms with Gasteiger partial charge in [0.25, 0.3) is 0 Å². The standard InChI is InChI=1S/C18H23NO4S/c1-5-19(12-14-7-6-8-24-14)17(20)11-13-9-15(21-2)18(23-4)16(10-13)22-3/h6-10H,5,11-12H2,1-4H3. The molecule has 1 amide bonds. The van der Waals surface area contributed by atoms with Crippen molar-refractivity contribution in [2.75, 3.05) is 27.9 Å². The molecule has 0 aliphatic rings. The van der Waals surface area contributed by atoms with Gasteiger partial charge in [0.2, 0.25) is 11.7 Å². The quantitative estimate of drug-likeness (QED) is 0.733. The molecule has 2 aromatic rings. The highest BCUT2D eigenvalue weighted by Crippen LogP contribution is 2.38. The molecule has 0 spiro atoms. The predicted octanol–water partition coefficient (Wildman–Crippen LogP) is 3.37. The lowest BCUT2D eigenvalue weighted by Gasteiger charge is -2.21. The zero-order chi connectivity index (χ0) is 17.5. The van der Waals surface area contributed by atoms with E-state index in [1.807, 2.05) is 41.5 Å². The van der Waals surface area contributed by atoms with Gasteiger partial charge in [-0.15, -0.1) is 11.3 Å². The molecule has 1 aromatic carbocycles. The summed E-state index contributed by atoms with van der Waals surface area (Å²) >= 11 is 1.66. The Labute approximate surface area is 146 Å². The molecule has 0 bridgehead atoms. The summed E-state index contributed by atoms with van der Waals surface area (Å²) in [6, 6.07) is 7.67. The Bertz CT molecular complexity index is 645. The minimum absolute atomic E-state index is 0.0696. The molecule has 0 saturated carbocycles. The number of rotatable bonds is 8. The smallest absolute Gasteiger partial charge is 0.227 e. The maximum absolute atomic E-state index is 12.6. The lowest BCUT2D eigenvalue weighted by Crippen LogP contribution is -2.31. The Balaban J connectivity index is 2.17. The number of methoxy groups -OCH3 is 3. The number of carbonyl (C=O) groups is 1. The Morgan fingerprint density at radius 3 is 2.25 bits per heavy atom. The molecular weight excluding hydrogens is 326 g/mol. The Kier molecular flexibility index (Phi) is 6.49. The minimum Gasteiger partial charge on any atom is -0.493 e. The van der Waals surface area contributed by atoms with Crippen molar-refractivity contribution in [2.45, 2.75) is 19.9 Å². The first-order valence-electron chi connectivity index (χ1n) is 7.71. The van der Waals surface area contributed by atoms with Gasteiger partial charge in [0.1, 0.15) is 0 Å². The van der Waals surface area contributed by atoms with Crippen molar-refractivity contribution in [2.24, 2.45) is 0 Å². The van der Waals surface area contributed by atoms with Crippen LogP contribution in [0.25, 0.3) is 0 Å². The SMILES string of the molecule is CCN(Cc1cccs1)C(=O)Cc1cc(OC)c(OC)c(OC)c1. The first-order chi connectivity index (χ1) is 11.6. The number of benzene rings is 1. The molecule has 1 aromatic heterocycles. The molecule has 130 valence electrons. The van der Waals surface area contributed by atoms with Gasteiger partial charge in [-0.3, -0.25) is 4.79 Å². The highest BCUT2D eigenvalue weighted by atomic mass is 32.1.